The number of hydrogen-bond acceptors (Lipinski definition) is 5. The zero-order chi connectivity index (χ0) is 12.1. The smallest absolute Gasteiger partial charge is 0.341 e. The maximum atomic E-state index is 11.4. The third-order valence-electron chi connectivity index (χ3n) is 2.19. The van der Waals surface area contributed by atoms with Crippen LogP contribution in [0.3, 0.4) is 0 Å². The Kier molecular flexibility index (Phi) is 3.86. The second-order valence-electron chi connectivity index (χ2n) is 2.99. The summed E-state index contributed by atoms with van der Waals surface area (Å²) < 4.78 is 9.65. The van der Waals surface area contributed by atoms with Crippen molar-refractivity contribution in [2.24, 2.45) is 5.73 Å². The summed E-state index contributed by atoms with van der Waals surface area (Å²) in [5.74, 6) is -0.339. The van der Waals surface area contributed by atoms with E-state index < -0.39 is 5.97 Å². The Labute approximate surface area is 93.4 Å². The molecule has 0 bridgehead atoms. The first kappa shape index (κ1) is 12.0. The molecule has 0 spiro atoms. The van der Waals surface area contributed by atoms with Gasteiger partial charge in [-0.25, -0.2) is 4.79 Å². The minimum atomic E-state index is -0.545. The molecule has 0 saturated carbocycles. The maximum absolute atomic E-state index is 11.4. The van der Waals surface area contributed by atoms with Gasteiger partial charge in [0.05, 0.1) is 19.8 Å². The van der Waals surface area contributed by atoms with Crippen LogP contribution in [0.5, 0.6) is 5.75 Å². The number of methoxy groups -OCH3 is 2. The Morgan fingerprint density at radius 1 is 1.50 bits per heavy atom. The van der Waals surface area contributed by atoms with Crippen molar-refractivity contribution >= 4 is 5.97 Å². The van der Waals surface area contributed by atoms with Gasteiger partial charge in [-0.05, 0) is 11.6 Å². The van der Waals surface area contributed by atoms with E-state index in [1.54, 1.807) is 6.07 Å². The van der Waals surface area contributed by atoms with Gasteiger partial charge in [0.15, 0.2) is 5.75 Å². The molecule has 1 rings (SSSR count). The fourth-order valence-electron chi connectivity index (χ4n) is 1.40. The van der Waals surface area contributed by atoms with Crippen LogP contribution in [0.25, 0.3) is 0 Å². The van der Waals surface area contributed by atoms with Crippen LogP contribution in [0, 0.1) is 11.3 Å². The van der Waals surface area contributed by atoms with Crippen LogP contribution in [-0.4, -0.2) is 20.2 Å². The summed E-state index contributed by atoms with van der Waals surface area (Å²) in [6.07, 6.45) is 0. The second kappa shape index (κ2) is 5.14. The monoisotopic (exact) mass is 220 g/mol. The summed E-state index contributed by atoms with van der Waals surface area (Å²) in [6, 6.07) is 5.13. The van der Waals surface area contributed by atoms with Gasteiger partial charge < -0.3 is 15.2 Å². The molecule has 0 saturated heterocycles. The van der Waals surface area contributed by atoms with E-state index in [4.69, 9.17) is 15.7 Å². The van der Waals surface area contributed by atoms with E-state index in [-0.39, 0.29) is 23.4 Å². The highest BCUT2D eigenvalue weighted by molar-refractivity contribution is 5.93. The molecule has 5 nitrogen and oxygen atoms in total. The summed E-state index contributed by atoms with van der Waals surface area (Å²) >= 11 is 0. The fourth-order valence-corrected chi connectivity index (χ4v) is 1.40. The summed E-state index contributed by atoms with van der Waals surface area (Å²) in [5.41, 5.74) is 6.61. The Morgan fingerprint density at radius 2 is 2.19 bits per heavy atom. The molecule has 84 valence electrons. The molecule has 0 fully saturated rings. The van der Waals surface area contributed by atoms with Gasteiger partial charge in [-0.3, -0.25) is 0 Å². The number of benzene rings is 1. The second-order valence-corrected chi connectivity index (χ2v) is 2.99. The van der Waals surface area contributed by atoms with Crippen LogP contribution in [0.1, 0.15) is 21.5 Å². The van der Waals surface area contributed by atoms with Gasteiger partial charge in [-0.15, -0.1) is 0 Å². The quantitative estimate of drug-likeness (QED) is 0.762. The minimum Gasteiger partial charge on any atom is -0.494 e. The van der Waals surface area contributed by atoms with E-state index in [9.17, 15) is 4.79 Å². The van der Waals surface area contributed by atoms with Crippen molar-refractivity contribution in [3.63, 3.8) is 0 Å². The number of ether oxygens (including phenoxy) is 2. The summed E-state index contributed by atoms with van der Waals surface area (Å²) in [5, 5.41) is 9.00. The largest absolute Gasteiger partial charge is 0.494 e. The molecule has 0 atom stereocenters. The molecule has 0 radical (unpaired) electrons. The van der Waals surface area contributed by atoms with E-state index in [1.807, 2.05) is 6.07 Å². The van der Waals surface area contributed by atoms with Crippen LogP contribution in [0.2, 0.25) is 0 Å². The molecule has 1 aromatic rings. The first-order valence-corrected chi connectivity index (χ1v) is 4.57. The number of nitriles is 1. The van der Waals surface area contributed by atoms with Gasteiger partial charge in [-0.1, -0.05) is 6.07 Å². The zero-order valence-corrected chi connectivity index (χ0v) is 9.11. The molecular weight excluding hydrogens is 208 g/mol. The standard InChI is InChI=1S/C11H12N2O3/c1-15-10-8(11(14)16-2)4-3-7(5-12)9(10)6-13/h3-4H,5,12H2,1-2H3. The van der Waals surface area contributed by atoms with Gasteiger partial charge in [0.25, 0.3) is 0 Å². The number of carbonyl (C=O) groups is 1. The predicted molar refractivity (Wildman–Crippen MR) is 56.9 cm³/mol. The number of hydrogen-bond donors (Lipinski definition) is 1. The highest BCUT2D eigenvalue weighted by atomic mass is 16.5. The van der Waals surface area contributed by atoms with Crippen LogP contribution in [0.15, 0.2) is 12.1 Å². The highest BCUT2D eigenvalue weighted by Crippen LogP contribution is 2.27. The lowest BCUT2D eigenvalue weighted by molar-refractivity contribution is 0.0597. The molecule has 0 heterocycles. The van der Waals surface area contributed by atoms with Crippen molar-refractivity contribution in [2.75, 3.05) is 14.2 Å². The molecule has 0 aliphatic heterocycles. The van der Waals surface area contributed by atoms with Crippen LogP contribution >= 0.6 is 0 Å². The SMILES string of the molecule is COC(=O)c1ccc(CN)c(C#N)c1OC. The van der Waals surface area contributed by atoms with E-state index in [2.05, 4.69) is 4.74 Å². The van der Waals surface area contributed by atoms with Gasteiger partial charge >= 0.3 is 5.97 Å². The average molecular weight is 220 g/mol. The number of nitrogens with two attached hydrogens (primary N) is 1. The molecule has 16 heavy (non-hydrogen) atoms. The first-order valence-electron chi connectivity index (χ1n) is 4.57. The molecule has 0 aliphatic carbocycles. The van der Waals surface area contributed by atoms with Crippen molar-refractivity contribution in [3.05, 3.63) is 28.8 Å². The summed E-state index contributed by atoms with van der Waals surface area (Å²) in [7, 11) is 2.66. The van der Waals surface area contributed by atoms with Crippen LogP contribution in [-0.2, 0) is 11.3 Å². The van der Waals surface area contributed by atoms with Crippen molar-refractivity contribution in [1.29, 1.82) is 5.26 Å². The van der Waals surface area contributed by atoms with Gasteiger partial charge in [0.1, 0.15) is 11.6 Å². The molecule has 0 amide bonds. The molecule has 2 N–H and O–H groups in total. The molecule has 5 heteroatoms. The van der Waals surface area contributed by atoms with Crippen molar-refractivity contribution in [3.8, 4) is 11.8 Å². The third kappa shape index (κ3) is 1.97. The summed E-state index contributed by atoms with van der Waals surface area (Å²) in [6.45, 7) is 0.209. The Balaban J connectivity index is 3.44. The Hall–Kier alpha value is -2.06. The van der Waals surface area contributed by atoms with Gasteiger partial charge in [0, 0.05) is 6.54 Å². The van der Waals surface area contributed by atoms with E-state index in [1.165, 1.54) is 20.3 Å². The Morgan fingerprint density at radius 3 is 2.62 bits per heavy atom. The average Bonchev–Trinajstić information content (AvgIpc) is 2.35. The lowest BCUT2D eigenvalue weighted by Gasteiger charge is -2.11. The van der Waals surface area contributed by atoms with Gasteiger partial charge in [0.2, 0.25) is 0 Å². The predicted octanol–water partition coefficient (Wildman–Crippen LogP) is 0.812. The third-order valence-corrected chi connectivity index (χ3v) is 2.19. The summed E-state index contributed by atoms with van der Waals surface area (Å²) in [4.78, 5) is 11.4. The number of carbonyl (C=O) groups excluding carboxylic acids is 1. The highest BCUT2D eigenvalue weighted by Gasteiger charge is 2.18. The van der Waals surface area contributed by atoms with Crippen molar-refractivity contribution in [1.82, 2.24) is 0 Å². The maximum Gasteiger partial charge on any atom is 0.341 e. The Bertz CT molecular complexity index is 449. The topological polar surface area (TPSA) is 85.3 Å². The van der Waals surface area contributed by atoms with E-state index in [0.717, 1.165) is 0 Å². The van der Waals surface area contributed by atoms with Crippen LogP contribution in [0.4, 0.5) is 0 Å². The normalized spacial score (nSPS) is 9.38. The molecule has 0 aromatic heterocycles. The molecule has 1 aromatic carbocycles. The lowest BCUT2D eigenvalue weighted by Crippen LogP contribution is -2.08. The van der Waals surface area contributed by atoms with E-state index in [0.29, 0.717) is 5.56 Å². The van der Waals surface area contributed by atoms with Crippen molar-refractivity contribution in [2.45, 2.75) is 6.54 Å². The molecular formula is C11H12N2O3. The van der Waals surface area contributed by atoms with E-state index >= 15 is 0 Å². The first-order chi connectivity index (χ1) is 7.69. The lowest BCUT2D eigenvalue weighted by atomic mass is 10.0. The van der Waals surface area contributed by atoms with Crippen molar-refractivity contribution < 1.29 is 14.3 Å². The van der Waals surface area contributed by atoms with Crippen LogP contribution < -0.4 is 10.5 Å². The zero-order valence-electron chi connectivity index (χ0n) is 9.11. The number of rotatable bonds is 3. The minimum absolute atomic E-state index is 0.206. The fraction of sp³-hybridized carbons (Fsp3) is 0.273. The van der Waals surface area contributed by atoms with Gasteiger partial charge in [-0.2, -0.15) is 5.26 Å². The number of nitrogens with zero attached hydrogens (tertiary/aromatic N) is 1. The number of esters is 1. The molecule has 0 aliphatic rings. The molecule has 0 unspecified atom stereocenters.